The van der Waals surface area contributed by atoms with Crippen molar-refractivity contribution in [1.82, 2.24) is 0 Å². The van der Waals surface area contributed by atoms with E-state index in [1.807, 2.05) is 0 Å². The topological polar surface area (TPSA) is 109 Å². The van der Waals surface area contributed by atoms with Crippen molar-refractivity contribution in [2.45, 2.75) is 25.6 Å². The van der Waals surface area contributed by atoms with Gasteiger partial charge in [-0.05, 0) is 31.2 Å². The molecule has 1 aromatic carbocycles. The van der Waals surface area contributed by atoms with Crippen molar-refractivity contribution in [2.24, 2.45) is 0 Å². The third kappa shape index (κ3) is 3.12. The van der Waals surface area contributed by atoms with Crippen LogP contribution in [0.15, 0.2) is 40.8 Å². The van der Waals surface area contributed by atoms with E-state index in [1.54, 1.807) is 13.0 Å². The fourth-order valence-corrected chi connectivity index (χ4v) is 2.35. The van der Waals surface area contributed by atoms with E-state index in [1.165, 1.54) is 30.3 Å². The number of ether oxygens (including phenoxy) is 2. The Balaban J connectivity index is 1.72. The molecule has 0 bridgehead atoms. The largest absolute Gasteiger partial charge is 0.460 e. The Bertz CT molecular complexity index is 793. The number of rotatable bonds is 4. The van der Waals surface area contributed by atoms with Gasteiger partial charge in [-0.3, -0.25) is 10.1 Å². The maximum absolute atomic E-state index is 12.0. The van der Waals surface area contributed by atoms with Crippen LogP contribution in [-0.2, 0) is 14.3 Å². The lowest BCUT2D eigenvalue weighted by Gasteiger charge is -2.06. The monoisotopic (exact) mass is 331 g/mol. The van der Waals surface area contributed by atoms with Crippen LogP contribution in [0.5, 0.6) is 0 Å². The molecule has 0 saturated carbocycles. The number of nitrogens with zero attached hydrogens (tertiary/aromatic N) is 1. The third-order valence-corrected chi connectivity index (χ3v) is 3.55. The second-order valence-corrected chi connectivity index (χ2v) is 5.35. The normalized spacial score (nSPS) is 19.8. The average molecular weight is 331 g/mol. The van der Waals surface area contributed by atoms with Crippen molar-refractivity contribution >= 4 is 17.6 Å². The number of esters is 2. The molecule has 2 atom stereocenters. The molecule has 8 heteroatoms. The number of nitro benzene ring substituents is 1. The number of cyclic esters (lactones) is 1. The predicted molar refractivity (Wildman–Crippen MR) is 80.2 cm³/mol. The molecule has 0 unspecified atom stereocenters. The molecule has 2 heterocycles. The van der Waals surface area contributed by atoms with E-state index in [0.717, 1.165) is 0 Å². The van der Waals surface area contributed by atoms with Gasteiger partial charge < -0.3 is 13.9 Å². The van der Waals surface area contributed by atoms with Crippen LogP contribution in [0.3, 0.4) is 0 Å². The zero-order valence-electron chi connectivity index (χ0n) is 12.6. The number of hydrogen-bond donors (Lipinski definition) is 0. The molecule has 0 N–H and O–H groups in total. The van der Waals surface area contributed by atoms with Gasteiger partial charge in [0.1, 0.15) is 11.9 Å². The zero-order valence-corrected chi connectivity index (χ0v) is 12.6. The van der Waals surface area contributed by atoms with Gasteiger partial charge in [0.25, 0.3) is 5.69 Å². The lowest BCUT2D eigenvalue weighted by Crippen LogP contribution is -2.22. The van der Waals surface area contributed by atoms with Crippen molar-refractivity contribution in [3.05, 3.63) is 52.3 Å². The van der Waals surface area contributed by atoms with Gasteiger partial charge in [-0.1, -0.05) is 0 Å². The second-order valence-electron chi connectivity index (χ2n) is 5.35. The van der Waals surface area contributed by atoms with Crippen molar-refractivity contribution in [3.8, 4) is 11.3 Å². The molecule has 1 aromatic heterocycles. The molecule has 2 aromatic rings. The summed E-state index contributed by atoms with van der Waals surface area (Å²) in [5, 5.41) is 10.6. The second kappa shape index (κ2) is 6.15. The van der Waals surface area contributed by atoms with Crippen molar-refractivity contribution < 1.29 is 28.4 Å². The Labute approximate surface area is 136 Å². The summed E-state index contributed by atoms with van der Waals surface area (Å²) in [6.45, 7) is 1.71. The molecule has 24 heavy (non-hydrogen) atoms. The molecule has 1 aliphatic heterocycles. The van der Waals surface area contributed by atoms with Gasteiger partial charge in [0, 0.05) is 24.1 Å². The highest BCUT2D eigenvalue weighted by molar-refractivity contribution is 5.90. The molecule has 1 aliphatic rings. The molecular formula is C16H13NO7. The minimum atomic E-state index is -0.930. The van der Waals surface area contributed by atoms with E-state index in [2.05, 4.69) is 0 Å². The molecule has 0 aliphatic carbocycles. The Kier molecular flexibility index (Phi) is 4.03. The first kappa shape index (κ1) is 15.7. The van der Waals surface area contributed by atoms with E-state index in [9.17, 15) is 19.7 Å². The molecular weight excluding hydrogens is 318 g/mol. The average Bonchev–Trinajstić information content (AvgIpc) is 3.15. The molecule has 3 rings (SSSR count). The van der Waals surface area contributed by atoms with Gasteiger partial charge in [-0.25, -0.2) is 9.59 Å². The van der Waals surface area contributed by atoms with Gasteiger partial charge in [-0.2, -0.15) is 0 Å². The Morgan fingerprint density at radius 1 is 1.25 bits per heavy atom. The maximum Gasteiger partial charge on any atom is 0.375 e. The SMILES string of the molecule is C[C@@H]1C[C@H](OC(=O)c2ccc(-c3ccc([N+](=O)[O-])cc3)o2)C(=O)O1. The fraction of sp³-hybridized carbons (Fsp3) is 0.250. The molecule has 124 valence electrons. The number of furan rings is 1. The number of non-ortho nitro benzene ring substituents is 1. The van der Waals surface area contributed by atoms with Gasteiger partial charge in [0.2, 0.25) is 11.9 Å². The van der Waals surface area contributed by atoms with E-state index < -0.39 is 23.0 Å². The van der Waals surface area contributed by atoms with Gasteiger partial charge in [0.15, 0.2) is 0 Å². The molecule has 1 saturated heterocycles. The standard InChI is InChI=1S/C16H13NO7/c1-9-8-14(16(19)22-9)24-15(18)13-7-6-12(23-13)10-2-4-11(5-3-10)17(20)21/h2-7,9,14H,8H2,1H3/t9-,14+/m1/s1. The number of hydrogen-bond acceptors (Lipinski definition) is 7. The van der Waals surface area contributed by atoms with Crippen LogP contribution in [-0.4, -0.2) is 29.1 Å². The summed E-state index contributed by atoms with van der Waals surface area (Å²) >= 11 is 0. The predicted octanol–water partition coefficient (Wildman–Crippen LogP) is 2.72. The summed E-state index contributed by atoms with van der Waals surface area (Å²) in [6.07, 6.45) is -0.913. The van der Waals surface area contributed by atoms with E-state index in [-0.39, 0.29) is 17.6 Å². The minimum absolute atomic E-state index is 0.0428. The first-order chi connectivity index (χ1) is 11.4. The number of carbonyl (C=O) groups excluding carboxylic acids is 2. The summed E-state index contributed by atoms with van der Waals surface area (Å²) in [5.41, 5.74) is 0.535. The fourth-order valence-electron chi connectivity index (χ4n) is 2.35. The van der Waals surface area contributed by atoms with Crippen LogP contribution in [0.2, 0.25) is 0 Å². The summed E-state index contributed by atoms with van der Waals surface area (Å²) < 4.78 is 15.4. The summed E-state index contributed by atoms with van der Waals surface area (Å²) in [5.74, 6) is -1.04. The Hall–Kier alpha value is -3.16. The van der Waals surface area contributed by atoms with Crippen molar-refractivity contribution in [3.63, 3.8) is 0 Å². The number of carbonyl (C=O) groups is 2. The molecule has 1 fully saturated rings. The summed E-state index contributed by atoms with van der Waals surface area (Å²) in [7, 11) is 0. The first-order valence-electron chi connectivity index (χ1n) is 7.20. The minimum Gasteiger partial charge on any atom is -0.460 e. The van der Waals surface area contributed by atoms with E-state index in [0.29, 0.717) is 17.7 Å². The smallest absolute Gasteiger partial charge is 0.375 e. The van der Waals surface area contributed by atoms with Gasteiger partial charge in [-0.15, -0.1) is 0 Å². The van der Waals surface area contributed by atoms with Crippen molar-refractivity contribution in [1.29, 1.82) is 0 Å². The summed E-state index contributed by atoms with van der Waals surface area (Å²) in [4.78, 5) is 33.6. The summed E-state index contributed by atoms with van der Waals surface area (Å²) in [6, 6.07) is 8.68. The highest BCUT2D eigenvalue weighted by Gasteiger charge is 2.35. The highest BCUT2D eigenvalue weighted by Crippen LogP contribution is 2.26. The highest BCUT2D eigenvalue weighted by atomic mass is 16.6. The van der Waals surface area contributed by atoms with Crippen LogP contribution >= 0.6 is 0 Å². The van der Waals surface area contributed by atoms with Gasteiger partial charge >= 0.3 is 11.9 Å². The first-order valence-corrected chi connectivity index (χ1v) is 7.20. The third-order valence-electron chi connectivity index (χ3n) is 3.55. The molecule has 8 nitrogen and oxygen atoms in total. The zero-order chi connectivity index (χ0) is 17.3. The van der Waals surface area contributed by atoms with E-state index in [4.69, 9.17) is 13.9 Å². The van der Waals surface area contributed by atoms with Crippen LogP contribution in [0, 0.1) is 10.1 Å². The molecule has 0 amide bonds. The van der Waals surface area contributed by atoms with Crippen LogP contribution in [0.25, 0.3) is 11.3 Å². The quantitative estimate of drug-likeness (QED) is 0.481. The Morgan fingerprint density at radius 2 is 1.96 bits per heavy atom. The number of benzene rings is 1. The van der Waals surface area contributed by atoms with Crippen LogP contribution < -0.4 is 0 Å². The molecule has 0 radical (unpaired) electrons. The number of nitro groups is 1. The molecule has 0 spiro atoms. The van der Waals surface area contributed by atoms with E-state index >= 15 is 0 Å². The van der Waals surface area contributed by atoms with Gasteiger partial charge in [0.05, 0.1) is 4.92 Å². The van der Waals surface area contributed by atoms with Crippen LogP contribution in [0.1, 0.15) is 23.9 Å². The Morgan fingerprint density at radius 3 is 2.54 bits per heavy atom. The van der Waals surface area contributed by atoms with Crippen molar-refractivity contribution in [2.75, 3.05) is 0 Å². The lowest BCUT2D eigenvalue weighted by molar-refractivity contribution is -0.384. The lowest BCUT2D eigenvalue weighted by atomic mass is 10.1. The van der Waals surface area contributed by atoms with Crippen LogP contribution in [0.4, 0.5) is 5.69 Å². The maximum atomic E-state index is 12.0.